The first-order chi connectivity index (χ1) is 13.2. The van der Waals surface area contributed by atoms with E-state index in [0.717, 1.165) is 18.0 Å². The molecule has 3 rings (SSSR count). The normalized spacial score (nSPS) is 11.6. The lowest BCUT2D eigenvalue weighted by Crippen LogP contribution is -2.83. The fourth-order valence-corrected chi connectivity index (χ4v) is 2.88. The summed E-state index contributed by atoms with van der Waals surface area (Å²) < 4.78 is 5.12. The van der Waals surface area contributed by atoms with E-state index in [1.165, 1.54) is 11.1 Å². The summed E-state index contributed by atoms with van der Waals surface area (Å²) in [7, 11) is 1.62. The Hall–Kier alpha value is -3.11. The third-order valence-corrected chi connectivity index (χ3v) is 4.60. The lowest BCUT2D eigenvalue weighted by atomic mass is 10.1. The number of hydrogen-bond acceptors (Lipinski definition) is 2. The summed E-state index contributed by atoms with van der Waals surface area (Å²) in [6, 6.07) is 25.9. The standard InChI is InChI=1S/C23H24N2O2/c1-17(19-6-4-3-5-7-19)24-16-18-8-10-20(11-9-18)23(26)25-21-12-14-22(27-2)15-13-21/h3-15,17,24H,16H2,1-2H3,(H,25,26)/p+1/t17-/m0/s1. The van der Waals surface area contributed by atoms with Gasteiger partial charge in [0.05, 0.1) is 7.11 Å². The monoisotopic (exact) mass is 361 g/mol. The van der Waals surface area contributed by atoms with Crippen LogP contribution in [0.1, 0.15) is 34.5 Å². The van der Waals surface area contributed by atoms with Gasteiger partial charge in [-0.05, 0) is 43.3 Å². The van der Waals surface area contributed by atoms with Crippen LogP contribution in [-0.4, -0.2) is 13.0 Å². The summed E-state index contributed by atoms with van der Waals surface area (Å²) in [5.41, 5.74) is 3.90. The van der Waals surface area contributed by atoms with Crippen molar-refractivity contribution in [2.24, 2.45) is 0 Å². The molecule has 1 atom stereocenters. The van der Waals surface area contributed by atoms with Crippen LogP contribution in [0.5, 0.6) is 5.75 Å². The van der Waals surface area contributed by atoms with Gasteiger partial charge in [-0.25, -0.2) is 0 Å². The molecule has 0 aliphatic carbocycles. The Morgan fingerprint density at radius 1 is 0.963 bits per heavy atom. The van der Waals surface area contributed by atoms with Crippen LogP contribution in [-0.2, 0) is 6.54 Å². The molecule has 3 N–H and O–H groups in total. The minimum absolute atomic E-state index is 0.117. The number of carbonyl (C=O) groups is 1. The van der Waals surface area contributed by atoms with E-state index in [2.05, 4.69) is 41.8 Å². The quantitative estimate of drug-likeness (QED) is 0.673. The van der Waals surface area contributed by atoms with Gasteiger partial charge in [-0.3, -0.25) is 4.79 Å². The van der Waals surface area contributed by atoms with Gasteiger partial charge in [0.1, 0.15) is 18.3 Å². The largest absolute Gasteiger partial charge is 0.497 e. The molecule has 3 aromatic rings. The highest BCUT2D eigenvalue weighted by molar-refractivity contribution is 6.04. The van der Waals surface area contributed by atoms with Crippen LogP contribution in [0.4, 0.5) is 5.69 Å². The van der Waals surface area contributed by atoms with Gasteiger partial charge in [0.2, 0.25) is 0 Å². The molecule has 0 fully saturated rings. The Morgan fingerprint density at radius 2 is 1.63 bits per heavy atom. The van der Waals surface area contributed by atoms with Gasteiger partial charge in [0, 0.05) is 22.4 Å². The maximum Gasteiger partial charge on any atom is 0.255 e. The number of rotatable bonds is 7. The first-order valence-corrected chi connectivity index (χ1v) is 9.08. The smallest absolute Gasteiger partial charge is 0.255 e. The average molecular weight is 361 g/mol. The Kier molecular flexibility index (Phi) is 6.23. The van der Waals surface area contributed by atoms with Crippen molar-refractivity contribution in [3.05, 3.63) is 95.6 Å². The van der Waals surface area contributed by atoms with Crippen LogP contribution in [0.3, 0.4) is 0 Å². The Balaban J connectivity index is 1.55. The lowest BCUT2D eigenvalue weighted by molar-refractivity contribution is -0.707. The van der Waals surface area contributed by atoms with Crippen molar-refractivity contribution in [2.45, 2.75) is 19.5 Å². The third kappa shape index (κ3) is 5.19. The van der Waals surface area contributed by atoms with Gasteiger partial charge >= 0.3 is 0 Å². The lowest BCUT2D eigenvalue weighted by Gasteiger charge is -2.11. The van der Waals surface area contributed by atoms with E-state index in [0.29, 0.717) is 11.6 Å². The number of benzene rings is 3. The number of carbonyl (C=O) groups excluding carboxylic acids is 1. The molecule has 1 amide bonds. The molecule has 0 saturated heterocycles. The summed E-state index contributed by atoms with van der Waals surface area (Å²) in [6.45, 7) is 3.07. The molecule has 0 radical (unpaired) electrons. The maximum atomic E-state index is 12.4. The van der Waals surface area contributed by atoms with Crippen LogP contribution in [0, 0.1) is 0 Å². The number of nitrogens with two attached hydrogens (primary N) is 1. The molecule has 4 heteroatoms. The van der Waals surface area contributed by atoms with Crippen molar-refractivity contribution in [3.8, 4) is 5.75 Å². The molecule has 27 heavy (non-hydrogen) atoms. The molecule has 0 spiro atoms. The van der Waals surface area contributed by atoms with E-state index >= 15 is 0 Å². The van der Waals surface area contributed by atoms with Gasteiger partial charge in [-0.2, -0.15) is 0 Å². The molecule has 0 bridgehead atoms. The first-order valence-electron chi connectivity index (χ1n) is 9.08. The highest BCUT2D eigenvalue weighted by Crippen LogP contribution is 2.16. The van der Waals surface area contributed by atoms with Crippen LogP contribution < -0.4 is 15.4 Å². The SMILES string of the molecule is COc1ccc(NC(=O)c2ccc(C[NH2+][C@@H](C)c3ccccc3)cc2)cc1. The van der Waals surface area contributed by atoms with Crippen molar-refractivity contribution < 1.29 is 14.8 Å². The maximum absolute atomic E-state index is 12.4. The molecule has 0 saturated carbocycles. The number of nitrogens with one attached hydrogen (secondary N) is 1. The molecule has 0 aliphatic heterocycles. The minimum Gasteiger partial charge on any atom is -0.497 e. The number of hydrogen-bond donors (Lipinski definition) is 2. The highest BCUT2D eigenvalue weighted by atomic mass is 16.5. The molecular formula is C23H25N2O2+. The Bertz CT molecular complexity index is 859. The third-order valence-electron chi connectivity index (χ3n) is 4.60. The molecule has 0 aromatic heterocycles. The number of quaternary nitrogens is 1. The van der Waals surface area contributed by atoms with Crippen molar-refractivity contribution in [3.63, 3.8) is 0 Å². The van der Waals surface area contributed by atoms with Crippen LogP contribution >= 0.6 is 0 Å². The fraction of sp³-hybridized carbons (Fsp3) is 0.174. The molecule has 138 valence electrons. The predicted molar refractivity (Wildman–Crippen MR) is 108 cm³/mol. The van der Waals surface area contributed by atoms with E-state index < -0.39 is 0 Å². The number of methoxy groups -OCH3 is 1. The Labute approximate surface area is 160 Å². The van der Waals surface area contributed by atoms with Gasteiger partial charge in [-0.15, -0.1) is 0 Å². The van der Waals surface area contributed by atoms with Gasteiger partial charge in [0.25, 0.3) is 5.91 Å². The summed E-state index contributed by atoms with van der Waals surface area (Å²) in [6.07, 6.45) is 0. The fourth-order valence-electron chi connectivity index (χ4n) is 2.88. The zero-order valence-electron chi connectivity index (χ0n) is 15.7. The topological polar surface area (TPSA) is 54.9 Å². The summed E-state index contributed by atoms with van der Waals surface area (Å²) >= 11 is 0. The minimum atomic E-state index is -0.117. The molecule has 0 unspecified atom stereocenters. The van der Waals surface area contributed by atoms with E-state index in [1.54, 1.807) is 7.11 Å². The first kappa shape index (κ1) is 18.7. The Morgan fingerprint density at radius 3 is 2.26 bits per heavy atom. The van der Waals surface area contributed by atoms with Gasteiger partial charge in [-0.1, -0.05) is 42.5 Å². The molecule has 0 heterocycles. The molecule has 4 nitrogen and oxygen atoms in total. The predicted octanol–water partition coefficient (Wildman–Crippen LogP) is 3.77. The molecular weight excluding hydrogens is 336 g/mol. The van der Waals surface area contributed by atoms with Gasteiger partial charge in [0.15, 0.2) is 0 Å². The second-order valence-electron chi connectivity index (χ2n) is 6.52. The van der Waals surface area contributed by atoms with E-state index in [-0.39, 0.29) is 5.91 Å². The molecule has 3 aromatic carbocycles. The van der Waals surface area contributed by atoms with Crippen LogP contribution in [0.25, 0.3) is 0 Å². The summed E-state index contributed by atoms with van der Waals surface area (Å²) in [4.78, 5) is 12.4. The van der Waals surface area contributed by atoms with Crippen molar-refractivity contribution in [1.29, 1.82) is 0 Å². The zero-order chi connectivity index (χ0) is 19.1. The van der Waals surface area contributed by atoms with Crippen molar-refractivity contribution in [2.75, 3.05) is 12.4 Å². The van der Waals surface area contributed by atoms with E-state index in [4.69, 9.17) is 4.74 Å². The van der Waals surface area contributed by atoms with Gasteiger partial charge < -0.3 is 15.4 Å². The van der Waals surface area contributed by atoms with Crippen molar-refractivity contribution >= 4 is 11.6 Å². The second kappa shape index (κ2) is 9.01. The second-order valence-corrected chi connectivity index (χ2v) is 6.52. The van der Waals surface area contributed by atoms with E-state index in [9.17, 15) is 4.79 Å². The highest BCUT2D eigenvalue weighted by Gasteiger charge is 2.09. The summed E-state index contributed by atoms with van der Waals surface area (Å²) in [5, 5.41) is 5.19. The van der Waals surface area contributed by atoms with Crippen molar-refractivity contribution in [1.82, 2.24) is 0 Å². The number of amides is 1. The average Bonchev–Trinajstić information content (AvgIpc) is 2.73. The molecule has 0 aliphatic rings. The summed E-state index contributed by atoms with van der Waals surface area (Å²) in [5.74, 6) is 0.645. The zero-order valence-corrected chi connectivity index (χ0v) is 15.7. The van der Waals surface area contributed by atoms with Crippen LogP contribution in [0.15, 0.2) is 78.9 Å². The van der Waals surface area contributed by atoms with Crippen LogP contribution in [0.2, 0.25) is 0 Å². The number of ether oxygens (including phenoxy) is 1. The number of anilines is 1. The van der Waals surface area contributed by atoms with E-state index in [1.807, 2.05) is 54.6 Å².